The van der Waals surface area contributed by atoms with Crippen molar-refractivity contribution in [2.24, 2.45) is 0 Å². The molecule has 10 heteroatoms. The van der Waals surface area contributed by atoms with E-state index in [4.69, 9.17) is 16.9 Å². The maximum absolute atomic E-state index is 12.7. The Morgan fingerprint density at radius 1 is 1.06 bits per heavy atom. The van der Waals surface area contributed by atoms with E-state index >= 15 is 0 Å². The number of hydrogen-bond acceptors (Lipinski definition) is 6. The van der Waals surface area contributed by atoms with E-state index < -0.39 is 10.0 Å². The molecule has 4 aromatic rings. The third-order valence-electron chi connectivity index (χ3n) is 4.51. The van der Waals surface area contributed by atoms with Crippen molar-refractivity contribution in [3.8, 4) is 28.0 Å². The van der Waals surface area contributed by atoms with Crippen molar-refractivity contribution in [2.75, 3.05) is 0 Å². The molecule has 0 N–H and O–H groups in total. The van der Waals surface area contributed by atoms with Gasteiger partial charge in [-0.15, -0.1) is 23.1 Å². The Kier molecular flexibility index (Phi) is 9.58. The Morgan fingerprint density at radius 3 is 2.39 bits per heavy atom. The Hall–Kier alpha value is -1.19. The van der Waals surface area contributed by atoms with E-state index in [1.54, 1.807) is 6.07 Å². The first kappa shape index (κ1) is 26.4. The summed E-state index contributed by atoms with van der Waals surface area (Å²) in [7, 11) is -4.18. The molecule has 33 heavy (non-hydrogen) atoms. The van der Waals surface area contributed by atoms with Crippen molar-refractivity contribution in [2.45, 2.75) is 15.5 Å². The summed E-state index contributed by atoms with van der Waals surface area (Å²) < 4.78 is 28.6. The minimum Gasteiger partial charge on any atom is -0.493 e. The van der Waals surface area contributed by atoms with E-state index in [0.29, 0.717) is 26.2 Å². The van der Waals surface area contributed by atoms with Crippen LogP contribution in [0.15, 0.2) is 88.0 Å². The van der Waals surface area contributed by atoms with Gasteiger partial charge in [-0.3, -0.25) is 0 Å². The number of benzene rings is 3. The number of nitriles is 1. The molecule has 0 atom stereocenters. The number of halogens is 1. The van der Waals surface area contributed by atoms with E-state index in [1.807, 2.05) is 66.0 Å². The second-order valence-electron chi connectivity index (χ2n) is 6.62. The van der Waals surface area contributed by atoms with Crippen LogP contribution in [0.5, 0.6) is 0 Å². The number of thioether (sulfide) groups is 1. The van der Waals surface area contributed by atoms with Gasteiger partial charge in [-0.25, -0.2) is 13.4 Å². The minimum absolute atomic E-state index is 0. The van der Waals surface area contributed by atoms with Gasteiger partial charge in [0, 0.05) is 27.2 Å². The van der Waals surface area contributed by atoms with Crippen LogP contribution in [0.3, 0.4) is 0 Å². The van der Waals surface area contributed by atoms with Gasteiger partial charge in [0.05, 0.1) is 15.6 Å². The summed E-state index contributed by atoms with van der Waals surface area (Å²) in [5.74, 6) is 0.543. The molecular formula is C23H15ClKN3O2S3. The van der Waals surface area contributed by atoms with Crippen molar-refractivity contribution >= 4 is 44.7 Å². The second-order valence-corrected chi connectivity index (χ2v) is 10.5. The third-order valence-corrected chi connectivity index (χ3v) is 8.17. The van der Waals surface area contributed by atoms with Crippen molar-refractivity contribution in [1.29, 1.82) is 5.26 Å². The maximum atomic E-state index is 12.7. The zero-order valence-electron chi connectivity index (χ0n) is 17.5. The molecule has 3 aromatic carbocycles. The largest absolute Gasteiger partial charge is 1.00 e. The summed E-state index contributed by atoms with van der Waals surface area (Å²) >= 11 is 9.25. The van der Waals surface area contributed by atoms with Gasteiger partial charge in [-0.1, -0.05) is 78.5 Å². The second kappa shape index (κ2) is 12.0. The molecule has 0 saturated heterocycles. The van der Waals surface area contributed by atoms with Crippen LogP contribution in [0.25, 0.3) is 26.6 Å². The summed E-state index contributed by atoms with van der Waals surface area (Å²) in [5.41, 5.74) is 3.24. The number of hydrogen-bond donors (Lipinski definition) is 0. The number of aromatic nitrogens is 1. The van der Waals surface area contributed by atoms with E-state index in [1.165, 1.54) is 35.4 Å². The van der Waals surface area contributed by atoms with Crippen molar-refractivity contribution in [3.05, 3.63) is 93.5 Å². The molecule has 5 nitrogen and oxygen atoms in total. The van der Waals surface area contributed by atoms with Gasteiger partial charge in [-0.05, 0) is 17.7 Å². The van der Waals surface area contributed by atoms with Gasteiger partial charge < -0.3 is 9.98 Å². The van der Waals surface area contributed by atoms with E-state index in [-0.39, 0.29) is 56.3 Å². The summed E-state index contributed by atoms with van der Waals surface area (Å²) in [6, 6.07) is 22.4. The van der Waals surface area contributed by atoms with Gasteiger partial charge in [0.25, 0.3) is 0 Å². The zero-order chi connectivity index (χ0) is 22.6. The third kappa shape index (κ3) is 6.48. The summed E-state index contributed by atoms with van der Waals surface area (Å²) in [5, 5.41) is 11.8. The molecule has 0 spiro atoms. The molecule has 0 radical (unpaired) electrons. The SMILES string of the molecule is N#C[N-]S(=O)(=O)c1cc(-c2nc(-c3ccccc3)cs2)c(Cl)cc1SCc1ccccc1.[K+]. The van der Waals surface area contributed by atoms with Crippen LogP contribution in [0.1, 0.15) is 5.56 Å². The topological polar surface area (TPSA) is 84.9 Å². The molecular weight excluding hydrogens is 521 g/mol. The molecule has 0 bridgehead atoms. The molecule has 0 saturated carbocycles. The van der Waals surface area contributed by atoms with Crippen LogP contribution in [-0.4, -0.2) is 13.4 Å². The molecule has 1 aromatic heterocycles. The van der Waals surface area contributed by atoms with Crippen molar-refractivity contribution in [3.63, 3.8) is 0 Å². The van der Waals surface area contributed by atoms with Gasteiger partial charge in [0.1, 0.15) is 5.01 Å². The zero-order valence-corrected chi connectivity index (χ0v) is 23.8. The fraction of sp³-hybridized carbons (Fsp3) is 0.0435. The molecule has 0 amide bonds. The molecule has 0 aliphatic heterocycles. The average molecular weight is 536 g/mol. The van der Waals surface area contributed by atoms with E-state index in [0.717, 1.165) is 16.8 Å². The number of nitrogens with zero attached hydrogens (tertiary/aromatic N) is 3. The summed E-state index contributed by atoms with van der Waals surface area (Å²) in [4.78, 5) is 5.01. The van der Waals surface area contributed by atoms with Crippen LogP contribution in [0.4, 0.5) is 0 Å². The summed E-state index contributed by atoms with van der Waals surface area (Å²) in [6.07, 6.45) is 1.39. The molecule has 0 aliphatic carbocycles. The van der Waals surface area contributed by atoms with Gasteiger partial charge in [-0.2, -0.15) is 0 Å². The predicted octanol–water partition coefficient (Wildman–Crippen LogP) is 3.97. The normalized spacial score (nSPS) is 10.8. The Bertz CT molecular complexity index is 1390. The maximum Gasteiger partial charge on any atom is 1.00 e. The number of rotatable bonds is 7. The van der Waals surface area contributed by atoms with Gasteiger partial charge >= 0.3 is 51.4 Å². The first-order chi connectivity index (χ1) is 15.5. The monoisotopic (exact) mass is 535 g/mol. The smallest absolute Gasteiger partial charge is 0.493 e. The standard InChI is InChI=1S/C23H15ClN3O2S3.K/c24-19-12-21(30-13-16-7-3-1-4-8-16)22(32(28,29)26-15-25)11-18(19)23-27-20(14-31-23)17-9-5-2-6-10-17;/h1-12,14H,13H2;/q-1;+1. The van der Waals surface area contributed by atoms with Gasteiger partial charge in [0.2, 0.25) is 10.0 Å². The summed E-state index contributed by atoms with van der Waals surface area (Å²) in [6.45, 7) is 0. The fourth-order valence-corrected chi connectivity index (χ4v) is 6.42. The van der Waals surface area contributed by atoms with Crippen LogP contribution in [0.2, 0.25) is 5.02 Å². The van der Waals surface area contributed by atoms with Crippen LogP contribution < -0.4 is 51.4 Å². The van der Waals surface area contributed by atoms with Crippen LogP contribution in [-0.2, 0) is 15.8 Å². The number of sulfonamides is 1. The van der Waals surface area contributed by atoms with Crippen molar-refractivity contribution in [1.82, 2.24) is 4.98 Å². The molecule has 0 unspecified atom stereocenters. The number of thiazole rings is 1. The van der Waals surface area contributed by atoms with Crippen molar-refractivity contribution < 1.29 is 59.8 Å². The molecule has 160 valence electrons. The van der Waals surface area contributed by atoms with E-state index in [2.05, 4.69) is 9.71 Å². The van der Waals surface area contributed by atoms with Crippen LogP contribution >= 0.6 is 34.7 Å². The Morgan fingerprint density at radius 2 is 1.73 bits per heavy atom. The Labute approximate surface area is 248 Å². The molecule has 0 aliphatic rings. The van der Waals surface area contributed by atoms with Gasteiger partial charge in [0.15, 0.2) is 0 Å². The quantitative estimate of drug-likeness (QED) is 0.203. The fourth-order valence-electron chi connectivity index (χ4n) is 2.99. The first-order valence-corrected chi connectivity index (χ1v) is 13.0. The Balaban J connectivity index is 0.00000306. The first-order valence-electron chi connectivity index (χ1n) is 9.35. The van der Waals surface area contributed by atoms with E-state index in [9.17, 15) is 8.42 Å². The molecule has 1 heterocycles. The van der Waals surface area contributed by atoms with Crippen LogP contribution in [0, 0.1) is 11.5 Å². The minimum atomic E-state index is -4.18. The predicted molar refractivity (Wildman–Crippen MR) is 130 cm³/mol. The molecule has 0 fully saturated rings. The molecule has 4 rings (SSSR count). The average Bonchev–Trinajstić information content (AvgIpc) is 3.29.